The number of aromatic nitrogens is 1. The Morgan fingerprint density at radius 2 is 2.19 bits per heavy atom. The maximum Gasteiger partial charge on any atom is 0.376 e. The van der Waals surface area contributed by atoms with Crippen molar-refractivity contribution in [2.45, 2.75) is 66.2 Å². The number of carbonyl (C=O) groups excluding carboxylic acids is 1. The minimum Gasteiger partial charge on any atom is -0.460 e. The van der Waals surface area contributed by atoms with Crippen molar-refractivity contribution < 1.29 is 13.9 Å². The van der Waals surface area contributed by atoms with Gasteiger partial charge in [-0.2, -0.15) is 0 Å². The van der Waals surface area contributed by atoms with Crippen LogP contribution in [0.25, 0.3) is 0 Å². The van der Waals surface area contributed by atoms with Gasteiger partial charge in [-0.3, -0.25) is 0 Å². The van der Waals surface area contributed by atoms with E-state index in [1.165, 1.54) is 12.8 Å². The summed E-state index contributed by atoms with van der Waals surface area (Å²) in [6.45, 7) is 10.9. The second-order valence-corrected chi connectivity index (χ2v) is 7.08. The first-order valence-corrected chi connectivity index (χ1v) is 8.02. The molecule has 1 fully saturated rings. The highest BCUT2D eigenvalue weighted by molar-refractivity contribution is 5.87. The summed E-state index contributed by atoms with van der Waals surface area (Å²) in [7, 11) is 0. The van der Waals surface area contributed by atoms with Crippen LogP contribution in [0, 0.1) is 11.3 Å². The van der Waals surface area contributed by atoms with E-state index in [4.69, 9.17) is 9.15 Å². The fraction of sp³-hybridized carbons (Fsp3) is 0.765. The van der Waals surface area contributed by atoms with Crippen molar-refractivity contribution >= 4 is 5.97 Å². The maximum atomic E-state index is 12.1. The molecule has 1 aromatic rings. The van der Waals surface area contributed by atoms with Crippen LogP contribution in [0.5, 0.6) is 0 Å². The molecule has 1 saturated carbocycles. The van der Waals surface area contributed by atoms with Gasteiger partial charge in [0.15, 0.2) is 5.89 Å². The molecule has 118 valence electrons. The second kappa shape index (κ2) is 6.20. The second-order valence-electron chi connectivity index (χ2n) is 7.08. The molecule has 0 spiro atoms. The number of oxazole rings is 1. The predicted octanol–water partition coefficient (Wildman–Crippen LogP) is 4.34. The lowest BCUT2D eigenvalue weighted by molar-refractivity contribution is 0.0484. The highest BCUT2D eigenvalue weighted by Crippen LogP contribution is 2.48. The minimum atomic E-state index is -0.386. The zero-order valence-corrected chi connectivity index (χ0v) is 13.9. The Labute approximate surface area is 127 Å². The van der Waals surface area contributed by atoms with Crippen molar-refractivity contribution in [3.8, 4) is 0 Å². The van der Waals surface area contributed by atoms with Gasteiger partial charge in [0.1, 0.15) is 0 Å². The summed E-state index contributed by atoms with van der Waals surface area (Å²) in [5.74, 6) is 1.36. The fourth-order valence-electron chi connectivity index (χ4n) is 3.18. The van der Waals surface area contributed by atoms with E-state index in [1.54, 1.807) is 6.92 Å². The third kappa shape index (κ3) is 3.47. The van der Waals surface area contributed by atoms with Crippen molar-refractivity contribution in [3.05, 3.63) is 17.3 Å². The van der Waals surface area contributed by atoms with Crippen molar-refractivity contribution in [1.82, 2.24) is 4.98 Å². The first-order chi connectivity index (χ1) is 9.85. The Morgan fingerprint density at radius 1 is 1.48 bits per heavy atom. The molecule has 1 heterocycles. The van der Waals surface area contributed by atoms with E-state index in [2.05, 4.69) is 32.7 Å². The van der Waals surface area contributed by atoms with Gasteiger partial charge in [-0.1, -0.05) is 34.1 Å². The normalized spacial score (nSPS) is 21.0. The third-order valence-corrected chi connectivity index (χ3v) is 4.33. The van der Waals surface area contributed by atoms with Gasteiger partial charge in [0.2, 0.25) is 5.76 Å². The zero-order valence-electron chi connectivity index (χ0n) is 13.9. The molecule has 0 radical (unpaired) electrons. The Hall–Kier alpha value is -1.32. The highest BCUT2D eigenvalue weighted by atomic mass is 16.5. The van der Waals surface area contributed by atoms with Crippen LogP contribution in [-0.2, 0) is 11.2 Å². The lowest BCUT2D eigenvalue weighted by Crippen LogP contribution is -2.15. The van der Waals surface area contributed by atoms with E-state index >= 15 is 0 Å². The van der Waals surface area contributed by atoms with E-state index in [0.29, 0.717) is 24.2 Å². The molecular formula is C17H27NO3. The topological polar surface area (TPSA) is 52.3 Å². The van der Waals surface area contributed by atoms with E-state index in [9.17, 15) is 4.79 Å². The van der Waals surface area contributed by atoms with Gasteiger partial charge in [-0.05, 0) is 37.5 Å². The number of nitrogens with zero attached hydrogens (tertiary/aromatic N) is 1. The number of hydrogen-bond acceptors (Lipinski definition) is 4. The summed E-state index contributed by atoms with van der Waals surface area (Å²) in [5.41, 5.74) is 0.937. The average Bonchev–Trinajstić information content (AvgIpc) is 2.91. The summed E-state index contributed by atoms with van der Waals surface area (Å²) < 4.78 is 11.0. The Bertz CT molecular complexity index is 502. The van der Waals surface area contributed by atoms with Gasteiger partial charge in [-0.15, -0.1) is 0 Å². The van der Waals surface area contributed by atoms with Gasteiger partial charge in [-0.25, -0.2) is 9.78 Å². The van der Waals surface area contributed by atoms with Crippen LogP contribution >= 0.6 is 0 Å². The standard InChI is InChI=1S/C17H27NO3/c1-6-20-16(19)14-13(10-11(2)3)18-15(21-14)12-8-7-9-17(12,4)5/h11-12H,6-10H2,1-5H3. The lowest BCUT2D eigenvalue weighted by Gasteiger charge is -2.23. The number of rotatable bonds is 5. The smallest absolute Gasteiger partial charge is 0.376 e. The molecule has 0 bridgehead atoms. The van der Waals surface area contributed by atoms with E-state index < -0.39 is 0 Å². The molecule has 1 aromatic heterocycles. The largest absolute Gasteiger partial charge is 0.460 e. The molecule has 1 aliphatic rings. The molecule has 0 aromatic carbocycles. The molecule has 1 atom stereocenters. The van der Waals surface area contributed by atoms with Gasteiger partial charge < -0.3 is 9.15 Å². The molecule has 0 saturated heterocycles. The number of esters is 1. The Balaban J connectivity index is 2.33. The average molecular weight is 293 g/mol. The Kier molecular flexibility index (Phi) is 4.74. The molecule has 0 amide bonds. The molecule has 4 nitrogen and oxygen atoms in total. The van der Waals surface area contributed by atoms with Crippen molar-refractivity contribution in [2.24, 2.45) is 11.3 Å². The fourth-order valence-corrected chi connectivity index (χ4v) is 3.18. The maximum absolute atomic E-state index is 12.1. The van der Waals surface area contributed by atoms with Crippen LogP contribution < -0.4 is 0 Å². The summed E-state index contributed by atoms with van der Waals surface area (Å²) in [5, 5.41) is 0. The molecule has 1 aliphatic carbocycles. The zero-order chi connectivity index (χ0) is 15.6. The Morgan fingerprint density at radius 3 is 2.71 bits per heavy atom. The first-order valence-electron chi connectivity index (χ1n) is 8.02. The summed E-state index contributed by atoms with van der Waals surface area (Å²) in [4.78, 5) is 16.7. The van der Waals surface area contributed by atoms with E-state index in [-0.39, 0.29) is 11.4 Å². The SMILES string of the molecule is CCOC(=O)c1oc(C2CCCC2(C)C)nc1CC(C)C. The summed E-state index contributed by atoms with van der Waals surface area (Å²) >= 11 is 0. The van der Waals surface area contributed by atoms with Gasteiger partial charge >= 0.3 is 5.97 Å². The number of carbonyl (C=O) groups is 1. The van der Waals surface area contributed by atoms with E-state index in [1.807, 2.05) is 0 Å². The highest BCUT2D eigenvalue weighted by Gasteiger charge is 2.39. The molecule has 2 rings (SSSR count). The van der Waals surface area contributed by atoms with Crippen LogP contribution in [0.3, 0.4) is 0 Å². The molecule has 21 heavy (non-hydrogen) atoms. The monoisotopic (exact) mass is 293 g/mol. The van der Waals surface area contributed by atoms with Crippen LogP contribution in [0.2, 0.25) is 0 Å². The van der Waals surface area contributed by atoms with Crippen LogP contribution in [0.15, 0.2) is 4.42 Å². The summed E-state index contributed by atoms with van der Waals surface area (Å²) in [6, 6.07) is 0. The molecule has 4 heteroatoms. The predicted molar refractivity (Wildman–Crippen MR) is 81.4 cm³/mol. The van der Waals surface area contributed by atoms with Crippen molar-refractivity contribution in [2.75, 3.05) is 6.61 Å². The number of hydrogen-bond donors (Lipinski definition) is 0. The van der Waals surface area contributed by atoms with Gasteiger partial charge in [0.25, 0.3) is 0 Å². The quantitative estimate of drug-likeness (QED) is 0.758. The first kappa shape index (κ1) is 16.1. The van der Waals surface area contributed by atoms with Crippen LogP contribution in [0.1, 0.15) is 81.9 Å². The van der Waals surface area contributed by atoms with Crippen molar-refractivity contribution in [3.63, 3.8) is 0 Å². The summed E-state index contributed by atoms with van der Waals surface area (Å²) in [6.07, 6.45) is 4.18. The minimum absolute atomic E-state index is 0.186. The van der Waals surface area contributed by atoms with Gasteiger partial charge in [0.05, 0.1) is 12.3 Å². The molecular weight excluding hydrogens is 266 g/mol. The van der Waals surface area contributed by atoms with Crippen LogP contribution in [-0.4, -0.2) is 17.6 Å². The molecule has 0 N–H and O–H groups in total. The number of ether oxygens (including phenoxy) is 1. The van der Waals surface area contributed by atoms with Gasteiger partial charge in [0, 0.05) is 5.92 Å². The third-order valence-electron chi connectivity index (χ3n) is 4.33. The molecule has 0 aliphatic heterocycles. The van der Waals surface area contributed by atoms with Crippen LogP contribution in [0.4, 0.5) is 0 Å². The van der Waals surface area contributed by atoms with E-state index in [0.717, 1.165) is 24.4 Å². The molecule has 1 unspecified atom stereocenters. The lowest BCUT2D eigenvalue weighted by atomic mass is 9.82. The van der Waals surface area contributed by atoms with Crippen molar-refractivity contribution in [1.29, 1.82) is 0 Å².